The van der Waals surface area contributed by atoms with E-state index in [0.29, 0.717) is 60.1 Å². The number of ether oxygens (including phenoxy) is 1. The highest BCUT2D eigenvalue weighted by Crippen LogP contribution is 2.57. The lowest BCUT2D eigenvalue weighted by Crippen LogP contribution is -2.66. The fourth-order valence-electron chi connectivity index (χ4n) is 6.40. The van der Waals surface area contributed by atoms with Gasteiger partial charge < -0.3 is 19.9 Å². The van der Waals surface area contributed by atoms with Gasteiger partial charge in [0.1, 0.15) is 18.2 Å². The molecule has 13 heteroatoms. The molecule has 0 bridgehead atoms. The zero-order chi connectivity index (χ0) is 29.1. The van der Waals surface area contributed by atoms with Crippen molar-refractivity contribution in [2.75, 3.05) is 43.5 Å². The summed E-state index contributed by atoms with van der Waals surface area (Å²) < 4.78 is 48.9. The van der Waals surface area contributed by atoms with Crippen molar-refractivity contribution in [3.8, 4) is 28.3 Å². The maximum atomic E-state index is 14.2. The Morgan fingerprint density at radius 3 is 2.57 bits per heavy atom. The Kier molecular flexibility index (Phi) is 6.37. The van der Waals surface area contributed by atoms with Gasteiger partial charge in [0.05, 0.1) is 17.4 Å². The van der Waals surface area contributed by atoms with Crippen molar-refractivity contribution in [3.63, 3.8) is 0 Å². The first kappa shape index (κ1) is 26.7. The minimum atomic E-state index is -2.51. The monoisotopic (exact) mass is 579 g/mol. The molecule has 2 aliphatic heterocycles. The average Bonchev–Trinajstić information content (AvgIpc) is 3.65. The number of aryl methyl sites for hydroxylation is 1. The van der Waals surface area contributed by atoms with Gasteiger partial charge in [-0.1, -0.05) is 6.07 Å². The van der Waals surface area contributed by atoms with Crippen LogP contribution in [0.2, 0.25) is 0 Å². The molecule has 0 radical (unpaired) electrons. The first-order chi connectivity index (χ1) is 20.2. The average molecular weight is 580 g/mol. The Hall–Kier alpha value is -4.13. The largest absolute Gasteiger partial charge is 0.490 e. The molecule has 2 N–H and O–H groups in total. The van der Waals surface area contributed by atoms with Crippen molar-refractivity contribution in [1.29, 1.82) is 0 Å². The fourth-order valence-corrected chi connectivity index (χ4v) is 6.40. The van der Waals surface area contributed by atoms with Gasteiger partial charge in [-0.3, -0.25) is 5.10 Å². The van der Waals surface area contributed by atoms with Crippen LogP contribution in [0.5, 0.6) is 5.75 Å². The summed E-state index contributed by atoms with van der Waals surface area (Å²) in [7, 11) is 3.88. The van der Waals surface area contributed by atoms with Crippen molar-refractivity contribution >= 4 is 17.5 Å². The summed E-state index contributed by atoms with van der Waals surface area (Å²) in [4.78, 5) is 13.6. The minimum absolute atomic E-state index is 0.0322. The third-order valence-corrected chi connectivity index (χ3v) is 8.65. The molecule has 4 aromatic rings. The Labute approximate surface area is 240 Å². The topological polar surface area (TPSA) is 100 Å². The van der Waals surface area contributed by atoms with E-state index in [1.165, 1.54) is 6.20 Å². The van der Waals surface area contributed by atoms with Crippen LogP contribution >= 0.6 is 0 Å². The number of pyridine rings is 1. The Morgan fingerprint density at radius 1 is 1.10 bits per heavy atom. The molecule has 2 saturated heterocycles. The van der Waals surface area contributed by atoms with E-state index < -0.39 is 11.9 Å². The zero-order valence-electron chi connectivity index (χ0n) is 23.4. The van der Waals surface area contributed by atoms with Gasteiger partial charge in [0.2, 0.25) is 17.8 Å². The number of nitrogens with zero attached hydrogens (tertiary/aromatic N) is 7. The van der Waals surface area contributed by atoms with E-state index in [1.54, 1.807) is 30.1 Å². The van der Waals surface area contributed by atoms with E-state index in [9.17, 15) is 13.2 Å². The predicted octanol–water partition coefficient (Wildman–Crippen LogP) is 4.86. The number of rotatable bonds is 8. The summed E-state index contributed by atoms with van der Waals surface area (Å²) in [5, 5.41) is 14.0. The third kappa shape index (κ3) is 4.95. The summed E-state index contributed by atoms with van der Waals surface area (Å²) >= 11 is 0. The Balaban J connectivity index is 1.08. The van der Waals surface area contributed by atoms with Crippen LogP contribution in [0, 0.1) is 11.4 Å². The molecule has 1 aliphatic carbocycles. The van der Waals surface area contributed by atoms with Gasteiger partial charge in [-0.25, -0.2) is 18.4 Å². The summed E-state index contributed by atoms with van der Waals surface area (Å²) in [6.07, 6.45) is 5.28. The first-order valence-electron chi connectivity index (χ1n) is 14.1. The molecule has 3 aliphatic rings. The fraction of sp³-hybridized carbons (Fsp3) is 0.448. The molecule has 3 aromatic heterocycles. The van der Waals surface area contributed by atoms with Gasteiger partial charge >= 0.3 is 0 Å². The van der Waals surface area contributed by atoms with E-state index in [-0.39, 0.29) is 18.3 Å². The number of alkyl halides is 2. The molecule has 3 fully saturated rings. The van der Waals surface area contributed by atoms with Crippen molar-refractivity contribution in [2.24, 2.45) is 12.5 Å². The lowest BCUT2D eigenvalue weighted by Gasteiger charge is -2.59. The van der Waals surface area contributed by atoms with Crippen molar-refractivity contribution in [1.82, 2.24) is 34.8 Å². The number of hydrogen-bond donors (Lipinski definition) is 2. The van der Waals surface area contributed by atoms with Gasteiger partial charge in [0.25, 0.3) is 0 Å². The van der Waals surface area contributed by atoms with Crippen LogP contribution in [0.15, 0.2) is 42.7 Å². The van der Waals surface area contributed by atoms with Crippen LogP contribution in [0.4, 0.5) is 30.6 Å². The standard InChI is InChI=1S/C29H32F3N9O/c1-39-9-3-4-20(39)13-42-23-10-18(21-12-34-37-25(21)30)5-7-22(23)35-27-36-26(38-40(27)2)19-6-8-24(33-11-19)41-16-28(17-41)14-29(31,32)15-28/h5-8,10-12,20H,3-4,9,13-17H2,1-2H3,(H,34,37)(H,35,36,38). The number of aromatic amines is 1. The number of likely N-dealkylation sites (tertiary alicyclic amines) is 1. The van der Waals surface area contributed by atoms with E-state index in [4.69, 9.17) is 4.74 Å². The summed E-state index contributed by atoms with van der Waals surface area (Å²) in [5.74, 6) is -0.704. The second-order valence-corrected chi connectivity index (χ2v) is 11.9. The molecule has 1 atom stereocenters. The highest BCUT2D eigenvalue weighted by Gasteiger charge is 2.61. The molecule has 1 aromatic carbocycles. The molecule has 220 valence electrons. The lowest BCUT2D eigenvalue weighted by atomic mass is 9.61. The molecule has 1 saturated carbocycles. The second kappa shape index (κ2) is 10.0. The lowest BCUT2D eigenvalue weighted by molar-refractivity contribution is -0.170. The highest BCUT2D eigenvalue weighted by molar-refractivity contribution is 5.73. The molecule has 7 rings (SSSR count). The van der Waals surface area contributed by atoms with Crippen LogP contribution in [0.3, 0.4) is 0 Å². The second-order valence-electron chi connectivity index (χ2n) is 11.9. The number of aromatic nitrogens is 6. The predicted molar refractivity (Wildman–Crippen MR) is 151 cm³/mol. The summed E-state index contributed by atoms with van der Waals surface area (Å²) in [6, 6.07) is 9.51. The van der Waals surface area contributed by atoms with E-state index in [1.807, 2.05) is 23.1 Å². The maximum Gasteiger partial charge on any atom is 0.249 e. The first-order valence-corrected chi connectivity index (χ1v) is 14.1. The van der Waals surface area contributed by atoms with Gasteiger partial charge in [-0.2, -0.15) is 14.5 Å². The Bertz CT molecular complexity index is 1590. The zero-order valence-corrected chi connectivity index (χ0v) is 23.4. The van der Waals surface area contributed by atoms with Crippen LogP contribution in [0.25, 0.3) is 22.5 Å². The molecule has 1 unspecified atom stereocenters. The van der Waals surface area contributed by atoms with Crippen LogP contribution in [-0.2, 0) is 7.05 Å². The SMILES string of the molecule is CN1CCCC1COc1cc(-c2cn[nH]c2F)ccc1Nc1nc(-c2ccc(N3CC4(C3)CC(F)(F)C4)nc2)nn1C. The van der Waals surface area contributed by atoms with Gasteiger partial charge in [0, 0.05) is 56.2 Å². The van der Waals surface area contributed by atoms with E-state index in [2.05, 4.69) is 42.5 Å². The highest BCUT2D eigenvalue weighted by atomic mass is 19.3. The van der Waals surface area contributed by atoms with E-state index >= 15 is 0 Å². The maximum absolute atomic E-state index is 14.2. The van der Waals surface area contributed by atoms with Gasteiger partial charge in [-0.15, -0.1) is 5.10 Å². The molecular weight excluding hydrogens is 547 g/mol. The van der Waals surface area contributed by atoms with Crippen molar-refractivity contribution < 1.29 is 17.9 Å². The third-order valence-electron chi connectivity index (χ3n) is 8.65. The summed E-state index contributed by atoms with van der Waals surface area (Å²) in [5.41, 5.74) is 2.16. The molecule has 1 spiro atoms. The summed E-state index contributed by atoms with van der Waals surface area (Å²) in [6.45, 7) is 2.76. The number of anilines is 3. The van der Waals surface area contributed by atoms with Gasteiger partial charge in [-0.05, 0) is 56.3 Å². The smallest absolute Gasteiger partial charge is 0.249 e. The van der Waals surface area contributed by atoms with Crippen molar-refractivity contribution in [2.45, 2.75) is 37.6 Å². The molecule has 10 nitrogen and oxygen atoms in total. The molecule has 0 amide bonds. The van der Waals surface area contributed by atoms with Crippen LogP contribution in [0.1, 0.15) is 25.7 Å². The number of halogens is 3. The van der Waals surface area contributed by atoms with Crippen molar-refractivity contribution in [3.05, 3.63) is 48.7 Å². The molecule has 5 heterocycles. The molecular formula is C29H32F3N9O. The Morgan fingerprint density at radius 2 is 1.90 bits per heavy atom. The number of hydrogen-bond acceptors (Lipinski definition) is 8. The number of H-pyrrole nitrogens is 1. The van der Waals surface area contributed by atoms with Crippen LogP contribution in [-0.4, -0.2) is 80.1 Å². The normalized spacial score (nSPS) is 20.9. The quantitative estimate of drug-likeness (QED) is 0.306. The van der Waals surface area contributed by atoms with E-state index in [0.717, 1.165) is 30.8 Å². The number of nitrogens with one attached hydrogen (secondary N) is 2. The van der Waals surface area contributed by atoms with Crippen LogP contribution < -0.4 is 15.0 Å². The number of benzene rings is 1. The molecule has 42 heavy (non-hydrogen) atoms. The van der Waals surface area contributed by atoms with Gasteiger partial charge in [0.15, 0.2) is 5.82 Å². The minimum Gasteiger partial charge on any atom is -0.490 e. The number of likely N-dealkylation sites (N-methyl/N-ethyl adjacent to an activating group) is 1.